The summed E-state index contributed by atoms with van der Waals surface area (Å²) in [6, 6.07) is 7.61. The summed E-state index contributed by atoms with van der Waals surface area (Å²) in [5.41, 5.74) is 0. The molecule has 4 nitrogen and oxygen atoms in total. The highest BCUT2D eigenvalue weighted by molar-refractivity contribution is 6.30. The van der Waals surface area contributed by atoms with Gasteiger partial charge in [0.05, 0.1) is 0 Å². The largest absolute Gasteiger partial charge is 0.492 e. The third-order valence-corrected chi connectivity index (χ3v) is 5.39. The molecule has 0 radical (unpaired) electrons. The van der Waals surface area contributed by atoms with Crippen molar-refractivity contribution in [1.82, 2.24) is 14.7 Å². The molecule has 134 valence electrons. The molecule has 2 aliphatic heterocycles. The second-order valence-corrected chi connectivity index (χ2v) is 7.32. The quantitative estimate of drug-likeness (QED) is 0.751. The summed E-state index contributed by atoms with van der Waals surface area (Å²) in [5, 5.41) is 0.753. The van der Waals surface area contributed by atoms with Crippen LogP contribution in [0.1, 0.15) is 19.3 Å². The molecule has 0 unspecified atom stereocenters. The third kappa shape index (κ3) is 5.92. The van der Waals surface area contributed by atoms with E-state index in [1.165, 1.54) is 58.5 Å². The highest BCUT2D eigenvalue weighted by atomic mass is 35.5. The molecule has 0 aromatic heterocycles. The maximum Gasteiger partial charge on any atom is 0.119 e. The highest BCUT2D eigenvalue weighted by Gasteiger charge is 2.18. The van der Waals surface area contributed by atoms with Gasteiger partial charge in [-0.3, -0.25) is 9.80 Å². The monoisotopic (exact) mass is 351 g/mol. The predicted molar refractivity (Wildman–Crippen MR) is 100 cm³/mol. The van der Waals surface area contributed by atoms with Crippen molar-refractivity contribution in [3.63, 3.8) is 0 Å². The number of piperidine rings is 1. The zero-order valence-electron chi connectivity index (χ0n) is 14.6. The molecule has 24 heavy (non-hydrogen) atoms. The Labute approximate surface area is 151 Å². The molecule has 2 saturated heterocycles. The Hall–Kier alpha value is -0.810. The van der Waals surface area contributed by atoms with Crippen LogP contribution in [0, 0.1) is 0 Å². The van der Waals surface area contributed by atoms with Crippen LogP contribution in [0.5, 0.6) is 5.75 Å². The molecule has 1 aromatic carbocycles. The van der Waals surface area contributed by atoms with Crippen LogP contribution in [-0.4, -0.2) is 80.2 Å². The molecule has 0 aliphatic carbocycles. The summed E-state index contributed by atoms with van der Waals surface area (Å²) in [4.78, 5) is 7.76. The lowest BCUT2D eigenvalue weighted by atomic mass is 10.1. The van der Waals surface area contributed by atoms with Crippen LogP contribution in [0.15, 0.2) is 24.3 Å². The van der Waals surface area contributed by atoms with Gasteiger partial charge in [0, 0.05) is 50.8 Å². The van der Waals surface area contributed by atoms with Crippen molar-refractivity contribution in [3.8, 4) is 5.75 Å². The third-order valence-electron chi connectivity index (χ3n) is 5.14. The maximum atomic E-state index is 5.88. The van der Waals surface area contributed by atoms with Crippen LogP contribution >= 0.6 is 11.6 Å². The number of likely N-dealkylation sites (tertiary alicyclic amines) is 1. The number of benzene rings is 1. The molecule has 0 atom stereocenters. The van der Waals surface area contributed by atoms with Gasteiger partial charge >= 0.3 is 0 Å². The first-order valence-electron chi connectivity index (χ1n) is 9.35. The standard InChI is InChI=1S/C19H30ClN3O/c20-18-4-6-19(7-5-18)24-17-16-23-14-12-22(13-15-23)11-10-21-8-2-1-3-9-21/h4-7H,1-3,8-17H2. The van der Waals surface area contributed by atoms with Crippen molar-refractivity contribution in [1.29, 1.82) is 0 Å². The maximum absolute atomic E-state index is 5.88. The Kier molecular flexibility index (Phi) is 7.21. The minimum absolute atomic E-state index is 0.745. The molecule has 0 saturated carbocycles. The van der Waals surface area contributed by atoms with Gasteiger partial charge in [0.25, 0.3) is 0 Å². The highest BCUT2D eigenvalue weighted by Crippen LogP contribution is 2.15. The van der Waals surface area contributed by atoms with E-state index in [1.54, 1.807) is 0 Å². The number of halogens is 1. The number of hydrogen-bond acceptors (Lipinski definition) is 4. The van der Waals surface area contributed by atoms with E-state index >= 15 is 0 Å². The summed E-state index contributed by atoms with van der Waals surface area (Å²) in [7, 11) is 0. The number of piperazine rings is 1. The molecular formula is C19H30ClN3O. The van der Waals surface area contributed by atoms with Crippen molar-refractivity contribution >= 4 is 11.6 Å². The van der Waals surface area contributed by atoms with E-state index in [9.17, 15) is 0 Å². The minimum Gasteiger partial charge on any atom is -0.492 e. The Morgan fingerprint density at radius 1 is 0.708 bits per heavy atom. The van der Waals surface area contributed by atoms with E-state index in [0.29, 0.717) is 0 Å². The molecule has 2 heterocycles. The summed E-state index contributed by atoms with van der Waals surface area (Å²) in [6.45, 7) is 11.5. The number of rotatable bonds is 7. The first kappa shape index (κ1) is 18.0. The van der Waals surface area contributed by atoms with Crippen molar-refractivity contribution < 1.29 is 4.74 Å². The molecule has 0 amide bonds. The molecule has 0 N–H and O–H groups in total. The minimum atomic E-state index is 0.745. The SMILES string of the molecule is Clc1ccc(OCCN2CCN(CCN3CCCCC3)CC2)cc1. The predicted octanol–water partition coefficient (Wildman–Crippen LogP) is 2.82. The van der Waals surface area contributed by atoms with Gasteiger partial charge in [-0.1, -0.05) is 18.0 Å². The van der Waals surface area contributed by atoms with Gasteiger partial charge in [0.2, 0.25) is 0 Å². The van der Waals surface area contributed by atoms with Gasteiger partial charge in [-0.2, -0.15) is 0 Å². The summed E-state index contributed by atoms with van der Waals surface area (Å²) >= 11 is 5.88. The number of hydrogen-bond donors (Lipinski definition) is 0. The van der Waals surface area contributed by atoms with Crippen LogP contribution < -0.4 is 4.74 Å². The van der Waals surface area contributed by atoms with Crippen molar-refractivity contribution in [2.24, 2.45) is 0 Å². The van der Waals surface area contributed by atoms with Gasteiger partial charge in [0.1, 0.15) is 12.4 Å². The number of ether oxygens (including phenoxy) is 1. The average Bonchev–Trinajstić information content (AvgIpc) is 2.64. The fourth-order valence-corrected chi connectivity index (χ4v) is 3.65. The van der Waals surface area contributed by atoms with Crippen LogP contribution in [0.2, 0.25) is 5.02 Å². The van der Waals surface area contributed by atoms with Gasteiger partial charge < -0.3 is 9.64 Å². The zero-order chi connectivity index (χ0) is 16.6. The molecule has 0 bridgehead atoms. The van der Waals surface area contributed by atoms with Crippen molar-refractivity contribution in [3.05, 3.63) is 29.3 Å². The van der Waals surface area contributed by atoms with E-state index in [2.05, 4.69) is 14.7 Å². The Bertz CT molecular complexity index is 468. The van der Waals surface area contributed by atoms with Gasteiger partial charge in [-0.15, -0.1) is 0 Å². The molecule has 5 heteroatoms. The Morgan fingerprint density at radius 2 is 1.25 bits per heavy atom. The van der Waals surface area contributed by atoms with Crippen LogP contribution in [-0.2, 0) is 0 Å². The molecule has 3 rings (SSSR count). The van der Waals surface area contributed by atoms with E-state index in [4.69, 9.17) is 16.3 Å². The van der Waals surface area contributed by atoms with E-state index in [1.807, 2.05) is 24.3 Å². The molecule has 2 fully saturated rings. The normalized spacial score (nSPS) is 21.0. The van der Waals surface area contributed by atoms with Gasteiger partial charge in [-0.25, -0.2) is 0 Å². The van der Waals surface area contributed by atoms with E-state index in [0.717, 1.165) is 37.0 Å². The Balaban J connectivity index is 1.27. The lowest BCUT2D eigenvalue weighted by molar-refractivity contribution is 0.103. The fourth-order valence-electron chi connectivity index (χ4n) is 3.53. The molecular weight excluding hydrogens is 322 g/mol. The summed E-state index contributed by atoms with van der Waals surface area (Å²) < 4.78 is 5.80. The molecule has 1 aromatic rings. The topological polar surface area (TPSA) is 19.0 Å². The lowest BCUT2D eigenvalue weighted by Gasteiger charge is -2.36. The molecule has 2 aliphatic rings. The van der Waals surface area contributed by atoms with Gasteiger partial charge in [-0.05, 0) is 50.2 Å². The lowest BCUT2D eigenvalue weighted by Crippen LogP contribution is -2.49. The van der Waals surface area contributed by atoms with Crippen LogP contribution in [0.25, 0.3) is 0 Å². The van der Waals surface area contributed by atoms with Gasteiger partial charge in [0.15, 0.2) is 0 Å². The zero-order valence-corrected chi connectivity index (χ0v) is 15.4. The average molecular weight is 352 g/mol. The first-order valence-corrected chi connectivity index (χ1v) is 9.73. The van der Waals surface area contributed by atoms with Crippen LogP contribution in [0.3, 0.4) is 0 Å². The summed E-state index contributed by atoms with van der Waals surface area (Å²) in [5.74, 6) is 0.902. The van der Waals surface area contributed by atoms with E-state index in [-0.39, 0.29) is 0 Å². The number of nitrogens with zero attached hydrogens (tertiary/aromatic N) is 3. The molecule has 0 spiro atoms. The smallest absolute Gasteiger partial charge is 0.119 e. The van der Waals surface area contributed by atoms with E-state index < -0.39 is 0 Å². The second-order valence-electron chi connectivity index (χ2n) is 6.89. The van der Waals surface area contributed by atoms with Crippen molar-refractivity contribution in [2.45, 2.75) is 19.3 Å². The van der Waals surface area contributed by atoms with Crippen LogP contribution in [0.4, 0.5) is 0 Å². The van der Waals surface area contributed by atoms with Crippen molar-refractivity contribution in [2.75, 3.05) is 65.5 Å². The fraction of sp³-hybridized carbons (Fsp3) is 0.684. The Morgan fingerprint density at radius 3 is 1.88 bits per heavy atom. The first-order chi connectivity index (χ1) is 11.8. The second kappa shape index (κ2) is 9.62. The summed E-state index contributed by atoms with van der Waals surface area (Å²) in [6.07, 6.45) is 4.20.